The predicted octanol–water partition coefficient (Wildman–Crippen LogP) is 1.97. The number of hydrogen-bond donors (Lipinski definition) is 1. The summed E-state index contributed by atoms with van der Waals surface area (Å²) in [5, 5.41) is 0. The molecule has 2 aromatic rings. The molecule has 1 aliphatic rings. The van der Waals surface area contributed by atoms with Gasteiger partial charge in [0.2, 0.25) is 5.95 Å². The highest BCUT2D eigenvalue weighted by Gasteiger charge is 2.15. The summed E-state index contributed by atoms with van der Waals surface area (Å²) in [7, 11) is 0. The SMILES string of the molecule is CC(N)Cc1cnc(N2CCc3ccccc3CC2)nc1. The van der Waals surface area contributed by atoms with Gasteiger partial charge in [-0.1, -0.05) is 24.3 Å². The van der Waals surface area contributed by atoms with Gasteiger partial charge in [-0.15, -0.1) is 0 Å². The second-order valence-electron chi connectivity index (χ2n) is 5.83. The van der Waals surface area contributed by atoms with Gasteiger partial charge in [0.1, 0.15) is 0 Å². The van der Waals surface area contributed by atoms with Crippen molar-refractivity contribution in [2.75, 3.05) is 18.0 Å². The molecule has 0 saturated heterocycles. The fourth-order valence-electron chi connectivity index (χ4n) is 2.86. The van der Waals surface area contributed by atoms with E-state index < -0.39 is 0 Å². The van der Waals surface area contributed by atoms with Gasteiger partial charge in [0.05, 0.1) is 0 Å². The Bertz CT molecular complexity index is 565. The molecule has 1 aromatic carbocycles. The van der Waals surface area contributed by atoms with Gasteiger partial charge in [-0.05, 0) is 42.9 Å². The Morgan fingerprint density at radius 2 is 1.67 bits per heavy atom. The van der Waals surface area contributed by atoms with Crippen LogP contribution >= 0.6 is 0 Å². The molecule has 0 bridgehead atoms. The molecule has 2 heterocycles. The quantitative estimate of drug-likeness (QED) is 0.935. The van der Waals surface area contributed by atoms with Crippen LogP contribution in [0, 0.1) is 0 Å². The molecule has 0 saturated carbocycles. The average Bonchev–Trinajstić information content (AvgIpc) is 2.70. The third kappa shape index (κ3) is 3.39. The topological polar surface area (TPSA) is 55.0 Å². The van der Waals surface area contributed by atoms with Gasteiger partial charge in [-0.2, -0.15) is 0 Å². The number of hydrogen-bond acceptors (Lipinski definition) is 4. The average molecular weight is 282 g/mol. The molecule has 0 radical (unpaired) electrons. The van der Waals surface area contributed by atoms with Crippen molar-refractivity contribution in [3.05, 3.63) is 53.3 Å². The molecule has 21 heavy (non-hydrogen) atoms. The van der Waals surface area contributed by atoms with E-state index in [-0.39, 0.29) is 6.04 Å². The molecule has 2 N–H and O–H groups in total. The van der Waals surface area contributed by atoms with Crippen LogP contribution in [0.4, 0.5) is 5.95 Å². The van der Waals surface area contributed by atoms with E-state index in [2.05, 4.69) is 39.1 Å². The first-order chi connectivity index (χ1) is 10.2. The maximum absolute atomic E-state index is 5.81. The summed E-state index contributed by atoms with van der Waals surface area (Å²) >= 11 is 0. The van der Waals surface area contributed by atoms with E-state index in [1.54, 1.807) is 0 Å². The van der Waals surface area contributed by atoms with Crippen LogP contribution in [0.5, 0.6) is 0 Å². The lowest BCUT2D eigenvalue weighted by Gasteiger charge is -2.20. The minimum atomic E-state index is 0.145. The number of fused-ring (bicyclic) bond motifs is 1. The monoisotopic (exact) mass is 282 g/mol. The van der Waals surface area contributed by atoms with Gasteiger partial charge in [0.15, 0.2) is 0 Å². The van der Waals surface area contributed by atoms with Crippen molar-refractivity contribution in [3.8, 4) is 0 Å². The Balaban J connectivity index is 1.71. The number of aromatic nitrogens is 2. The third-order valence-electron chi connectivity index (χ3n) is 3.95. The Morgan fingerprint density at radius 1 is 1.10 bits per heavy atom. The lowest BCUT2D eigenvalue weighted by molar-refractivity contribution is 0.725. The Labute approximate surface area is 126 Å². The van der Waals surface area contributed by atoms with Crippen molar-refractivity contribution in [1.29, 1.82) is 0 Å². The summed E-state index contributed by atoms with van der Waals surface area (Å²) in [5.74, 6) is 0.830. The smallest absolute Gasteiger partial charge is 0.225 e. The molecule has 3 rings (SSSR count). The van der Waals surface area contributed by atoms with E-state index in [0.29, 0.717) is 0 Å². The summed E-state index contributed by atoms with van der Waals surface area (Å²) in [6.45, 7) is 3.95. The Morgan fingerprint density at radius 3 is 2.19 bits per heavy atom. The lowest BCUT2D eigenvalue weighted by atomic mass is 10.0. The zero-order valence-corrected chi connectivity index (χ0v) is 12.5. The normalized spacial score (nSPS) is 16.2. The maximum atomic E-state index is 5.81. The fraction of sp³-hybridized carbons (Fsp3) is 0.412. The second kappa shape index (κ2) is 6.22. The molecule has 0 fully saturated rings. The summed E-state index contributed by atoms with van der Waals surface area (Å²) in [5.41, 5.74) is 9.82. The molecule has 4 nitrogen and oxygen atoms in total. The molecule has 110 valence electrons. The standard InChI is InChI=1S/C17H22N4/c1-13(18)10-14-11-19-17(20-12-14)21-8-6-15-4-2-3-5-16(15)7-9-21/h2-5,11-13H,6-10,18H2,1H3. The highest BCUT2D eigenvalue weighted by Crippen LogP contribution is 2.18. The highest BCUT2D eigenvalue weighted by atomic mass is 15.2. The minimum Gasteiger partial charge on any atom is -0.340 e. The van der Waals surface area contributed by atoms with Gasteiger partial charge in [-0.3, -0.25) is 0 Å². The van der Waals surface area contributed by atoms with Crippen LogP contribution in [0.3, 0.4) is 0 Å². The molecule has 0 spiro atoms. The molecular weight excluding hydrogens is 260 g/mol. The van der Waals surface area contributed by atoms with Gasteiger partial charge in [0.25, 0.3) is 0 Å². The van der Waals surface area contributed by atoms with Crippen LogP contribution < -0.4 is 10.6 Å². The number of nitrogens with two attached hydrogens (primary N) is 1. The van der Waals surface area contributed by atoms with Gasteiger partial charge in [-0.25, -0.2) is 9.97 Å². The molecule has 1 aliphatic heterocycles. The fourth-order valence-corrected chi connectivity index (χ4v) is 2.86. The largest absolute Gasteiger partial charge is 0.340 e. The zero-order valence-electron chi connectivity index (χ0n) is 12.5. The van der Waals surface area contributed by atoms with Crippen LogP contribution in [0.25, 0.3) is 0 Å². The molecule has 1 atom stereocenters. The second-order valence-corrected chi connectivity index (χ2v) is 5.83. The molecular formula is C17H22N4. The number of benzene rings is 1. The van der Waals surface area contributed by atoms with E-state index in [1.165, 1.54) is 11.1 Å². The molecule has 0 aliphatic carbocycles. The number of rotatable bonds is 3. The lowest BCUT2D eigenvalue weighted by Crippen LogP contribution is -2.28. The third-order valence-corrected chi connectivity index (χ3v) is 3.95. The number of anilines is 1. The zero-order chi connectivity index (χ0) is 14.7. The van der Waals surface area contributed by atoms with Crippen LogP contribution in [-0.4, -0.2) is 29.1 Å². The van der Waals surface area contributed by atoms with Crippen LogP contribution in [0.15, 0.2) is 36.7 Å². The van der Waals surface area contributed by atoms with Crippen LogP contribution in [0.2, 0.25) is 0 Å². The van der Waals surface area contributed by atoms with Crippen molar-refractivity contribution >= 4 is 5.95 Å². The van der Waals surface area contributed by atoms with Crippen molar-refractivity contribution < 1.29 is 0 Å². The van der Waals surface area contributed by atoms with Crippen molar-refractivity contribution in [2.24, 2.45) is 5.73 Å². The van der Waals surface area contributed by atoms with Crippen molar-refractivity contribution in [2.45, 2.75) is 32.2 Å². The van der Waals surface area contributed by atoms with E-state index in [0.717, 1.165) is 43.9 Å². The van der Waals surface area contributed by atoms with Crippen molar-refractivity contribution in [3.63, 3.8) is 0 Å². The molecule has 1 aromatic heterocycles. The van der Waals surface area contributed by atoms with Crippen LogP contribution in [0.1, 0.15) is 23.6 Å². The van der Waals surface area contributed by atoms with Gasteiger partial charge < -0.3 is 10.6 Å². The molecule has 0 amide bonds. The molecule has 1 unspecified atom stereocenters. The van der Waals surface area contributed by atoms with E-state index in [9.17, 15) is 0 Å². The van der Waals surface area contributed by atoms with E-state index in [1.807, 2.05) is 19.3 Å². The summed E-state index contributed by atoms with van der Waals surface area (Å²) in [6.07, 6.45) is 6.75. The highest BCUT2D eigenvalue weighted by molar-refractivity contribution is 5.36. The minimum absolute atomic E-state index is 0.145. The first-order valence-corrected chi connectivity index (χ1v) is 7.60. The summed E-state index contributed by atoms with van der Waals surface area (Å²) in [6, 6.07) is 8.84. The van der Waals surface area contributed by atoms with Gasteiger partial charge >= 0.3 is 0 Å². The predicted molar refractivity (Wildman–Crippen MR) is 85.4 cm³/mol. The summed E-state index contributed by atoms with van der Waals surface area (Å²) < 4.78 is 0. The van der Waals surface area contributed by atoms with Gasteiger partial charge in [0, 0.05) is 31.5 Å². The Kier molecular flexibility index (Phi) is 4.15. The number of nitrogens with zero attached hydrogens (tertiary/aromatic N) is 3. The maximum Gasteiger partial charge on any atom is 0.225 e. The first kappa shape index (κ1) is 14.0. The summed E-state index contributed by atoms with van der Waals surface area (Å²) in [4.78, 5) is 11.3. The molecule has 4 heteroatoms. The first-order valence-electron chi connectivity index (χ1n) is 7.60. The van der Waals surface area contributed by atoms with Crippen molar-refractivity contribution in [1.82, 2.24) is 9.97 Å². The Hall–Kier alpha value is -1.94. The van der Waals surface area contributed by atoms with E-state index >= 15 is 0 Å². The van der Waals surface area contributed by atoms with E-state index in [4.69, 9.17) is 5.73 Å². The van der Waals surface area contributed by atoms with Crippen LogP contribution in [-0.2, 0) is 19.3 Å².